The SMILES string of the molecule is O=C(CC1CCCCO1)N[C@@H](Cc1cnc[nH]1)C(=O)O. The van der Waals surface area contributed by atoms with E-state index in [2.05, 4.69) is 15.3 Å². The number of hydrogen-bond donors (Lipinski definition) is 3. The summed E-state index contributed by atoms with van der Waals surface area (Å²) in [6.07, 6.45) is 6.26. The average molecular weight is 281 g/mol. The molecule has 1 aromatic rings. The minimum atomic E-state index is -1.06. The van der Waals surface area contributed by atoms with Crippen molar-refractivity contribution in [1.82, 2.24) is 15.3 Å². The van der Waals surface area contributed by atoms with Crippen LogP contribution in [0.15, 0.2) is 12.5 Å². The number of carboxylic acid groups (broad SMARTS) is 1. The van der Waals surface area contributed by atoms with E-state index in [0.29, 0.717) is 12.3 Å². The van der Waals surface area contributed by atoms with Crippen molar-refractivity contribution in [3.63, 3.8) is 0 Å². The highest BCUT2D eigenvalue weighted by Gasteiger charge is 2.23. The zero-order valence-corrected chi connectivity index (χ0v) is 11.2. The molecule has 0 bridgehead atoms. The summed E-state index contributed by atoms with van der Waals surface area (Å²) in [6, 6.07) is -0.952. The van der Waals surface area contributed by atoms with E-state index < -0.39 is 12.0 Å². The van der Waals surface area contributed by atoms with Crippen molar-refractivity contribution in [2.45, 2.75) is 44.2 Å². The third-order valence-corrected chi connectivity index (χ3v) is 3.30. The lowest BCUT2D eigenvalue weighted by atomic mass is 10.1. The van der Waals surface area contributed by atoms with E-state index in [4.69, 9.17) is 9.84 Å². The third-order valence-electron chi connectivity index (χ3n) is 3.30. The standard InChI is InChI=1S/C13H19N3O4/c17-12(6-10-3-1-2-4-20-10)16-11(13(18)19)5-9-7-14-8-15-9/h7-8,10-11H,1-6H2,(H,14,15)(H,16,17)(H,18,19)/t10?,11-/m0/s1. The monoisotopic (exact) mass is 281 g/mol. The molecule has 1 aliphatic heterocycles. The Morgan fingerprint density at radius 1 is 1.55 bits per heavy atom. The number of carbonyl (C=O) groups is 2. The Hall–Kier alpha value is -1.89. The molecule has 1 aromatic heterocycles. The van der Waals surface area contributed by atoms with E-state index in [1.807, 2.05) is 0 Å². The van der Waals surface area contributed by atoms with Gasteiger partial charge in [0.2, 0.25) is 5.91 Å². The van der Waals surface area contributed by atoms with Gasteiger partial charge >= 0.3 is 5.97 Å². The highest BCUT2D eigenvalue weighted by Crippen LogP contribution is 2.15. The maximum Gasteiger partial charge on any atom is 0.326 e. The van der Waals surface area contributed by atoms with Gasteiger partial charge in [-0.2, -0.15) is 0 Å². The number of nitrogens with zero attached hydrogens (tertiary/aromatic N) is 1. The molecule has 1 fully saturated rings. The predicted molar refractivity (Wildman–Crippen MR) is 70.1 cm³/mol. The Morgan fingerprint density at radius 3 is 3.00 bits per heavy atom. The first-order chi connectivity index (χ1) is 9.65. The van der Waals surface area contributed by atoms with E-state index in [1.165, 1.54) is 6.33 Å². The van der Waals surface area contributed by atoms with Gasteiger partial charge in [-0.25, -0.2) is 9.78 Å². The first kappa shape index (κ1) is 14.5. The van der Waals surface area contributed by atoms with Crippen LogP contribution < -0.4 is 5.32 Å². The molecule has 1 saturated heterocycles. The highest BCUT2D eigenvalue weighted by atomic mass is 16.5. The molecule has 1 amide bonds. The van der Waals surface area contributed by atoms with E-state index in [1.54, 1.807) is 6.20 Å². The fourth-order valence-electron chi connectivity index (χ4n) is 2.24. The summed E-state index contributed by atoms with van der Waals surface area (Å²) in [7, 11) is 0. The minimum absolute atomic E-state index is 0.0923. The fraction of sp³-hybridized carbons (Fsp3) is 0.615. The molecule has 2 rings (SSSR count). The molecule has 20 heavy (non-hydrogen) atoms. The van der Waals surface area contributed by atoms with Crippen LogP contribution in [0.1, 0.15) is 31.4 Å². The van der Waals surface area contributed by atoms with Gasteiger partial charge in [0.05, 0.1) is 18.9 Å². The maximum absolute atomic E-state index is 11.9. The Balaban J connectivity index is 1.83. The quantitative estimate of drug-likeness (QED) is 0.703. The second-order valence-corrected chi connectivity index (χ2v) is 4.93. The molecular weight excluding hydrogens is 262 g/mol. The zero-order valence-electron chi connectivity index (χ0n) is 11.2. The Labute approximate surface area is 116 Å². The van der Waals surface area contributed by atoms with E-state index in [9.17, 15) is 9.59 Å². The minimum Gasteiger partial charge on any atom is -0.480 e. The smallest absolute Gasteiger partial charge is 0.326 e. The van der Waals surface area contributed by atoms with Gasteiger partial charge in [0.25, 0.3) is 0 Å². The summed E-state index contributed by atoms with van der Waals surface area (Å²) in [5.41, 5.74) is 0.673. The number of imidazole rings is 1. The number of rotatable bonds is 6. The normalized spacial score (nSPS) is 20.3. The second kappa shape index (κ2) is 7.04. The van der Waals surface area contributed by atoms with Gasteiger partial charge in [-0.3, -0.25) is 4.79 Å². The molecule has 1 aliphatic rings. The van der Waals surface area contributed by atoms with Gasteiger partial charge in [0, 0.05) is 24.9 Å². The largest absolute Gasteiger partial charge is 0.480 e. The first-order valence-electron chi connectivity index (χ1n) is 6.76. The van der Waals surface area contributed by atoms with Crippen LogP contribution >= 0.6 is 0 Å². The molecule has 110 valence electrons. The lowest BCUT2D eigenvalue weighted by molar-refractivity contribution is -0.142. The molecule has 0 aliphatic carbocycles. The summed E-state index contributed by atoms with van der Waals surface area (Å²) < 4.78 is 5.47. The molecule has 0 saturated carbocycles. The summed E-state index contributed by atoms with van der Waals surface area (Å²) in [4.78, 5) is 29.7. The summed E-state index contributed by atoms with van der Waals surface area (Å²) >= 11 is 0. The number of nitrogens with one attached hydrogen (secondary N) is 2. The van der Waals surface area contributed by atoms with Gasteiger partial charge in [-0.05, 0) is 19.3 Å². The van der Waals surface area contributed by atoms with Crippen LogP contribution in [0, 0.1) is 0 Å². The Kier molecular flexibility index (Phi) is 5.11. The number of aromatic nitrogens is 2. The Bertz CT molecular complexity index is 440. The predicted octanol–water partition coefficient (Wildman–Crippen LogP) is 0.481. The number of hydrogen-bond acceptors (Lipinski definition) is 4. The van der Waals surface area contributed by atoms with Crippen LogP contribution in [-0.2, 0) is 20.7 Å². The Morgan fingerprint density at radius 2 is 2.40 bits per heavy atom. The van der Waals surface area contributed by atoms with Crippen molar-refractivity contribution in [2.24, 2.45) is 0 Å². The average Bonchev–Trinajstić information content (AvgIpc) is 2.92. The highest BCUT2D eigenvalue weighted by molar-refractivity contribution is 5.83. The number of H-pyrrole nitrogens is 1. The van der Waals surface area contributed by atoms with Crippen LogP contribution in [0.4, 0.5) is 0 Å². The van der Waals surface area contributed by atoms with Crippen LogP contribution in [0.25, 0.3) is 0 Å². The van der Waals surface area contributed by atoms with E-state index in [-0.39, 0.29) is 24.9 Å². The van der Waals surface area contributed by atoms with Gasteiger partial charge in [-0.1, -0.05) is 0 Å². The number of carboxylic acids is 1. The van der Waals surface area contributed by atoms with Crippen LogP contribution in [0.5, 0.6) is 0 Å². The first-order valence-corrected chi connectivity index (χ1v) is 6.76. The lowest BCUT2D eigenvalue weighted by Crippen LogP contribution is -2.43. The van der Waals surface area contributed by atoms with Crippen molar-refractivity contribution in [1.29, 1.82) is 0 Å². The molecule has 0 radical (unpaired) electrons. The van der Waals surface area contributed by atoms with Crippen molar-refractivity contribution < 1.29 is 19.4 Å². The van der Waals surface area contributed by atoms with Gasteiger partial charge in [0.15, 0.2) is 0 Å². The number of aromatic amines is 1. The molecule has 7 nitrogen and oxygen atoms in total. The zero-order chi connectivity index (χ0) is 14.4. The summed E-state index contributed by atoms with van der Waals surface area (Å²) in [5, 5.41) is 11.7. The van der Waals surface area contributed by atoms with Crippen molar-refractivity contribution in [3.8, 4) is 0 Å². The number of amides is 1. The number of carbonyl (C=O) groups excluding carboxylic acids is 1. The molecule has 1 unspecified atom stereocenters. The van der Waals surface area contributed by atoms with Crippen molar-refractivity contribution >= 4 is 11.9 Å². The molecule has 0 aromatic carbocycles. The topological polar surface area (TPSA) is 104 Å². The molecule has 7 heteroatoms. The van der Waals surface area contributed by atoms with Gasteiger partial charge < -0.3 is 20.1 Å². The molecule has 2 atom stereocenters. The van der Waals surface area contributed by atoms with Crippen LogP contribution in [-0.4, -0.2) is 45.7 Å². The fourth-order valence-corrected chi connectivity index (χ4v) is 2.24. The van der Waals surface area contributed by atoms with Crippen molar-refractivity contribution in [3.05, 3.63) is 18.2 Å². The van der Waals surface area contributed by atoms with Gasteiger partial charge in [-0.15, -0.1) is 0 Å². The lowest BCUT2D eigenvalue weighted by Gasteiger charge is -2.22. The third kappa shape index (κ3) is 4.34. The molecular formula is C13H19N3O4. The van der Waals surface area contributed by atoms with Crippen LogP contribution in [0.3, 0.4) is 0 Å². The van der Waals surface area contributed by atoms with E-state index in [0.717, 1.165) is 19.3 Å². The molecule has 0 spiro atoms. The molecule has 3 N–H and O–H groups in total. The van der Waals surface area contributed by atoms with E-state index >= 15 is 0 Å². The van der Waals surface area contributed by atoms with Crippen LogP contribution in [0.2, 0.25) is 0 Å². The van der Waals surface area contributed by atoms with Crippen molar-refractivity contribution in [2.75, 3.05) is 6.61 Å². The summed E-state index contributed by atoms with van der Waals surface area (Å²) in [6.45, 7) is 0.675. The maximum atomic E-state index is 11.9. The number of aliphatic carboxylic acids is 1. The summed E-state index contributed by atoms with van der Waals surface area (Å²) in [5.74, 6) is -1.35. The second-order valence-electron chi connectivity index (χ2n) is 4.93. The molecule has 2 heterocycles. The van der Waals surface area contributed by atoms with Gasteiger partial charge in [0.1, 0.15) is 6.04 Å². The number of ether oxygens (including phenoxy) is 1.